The molecule has 0 aliphatic heterocycles. The monoisotopic (exact) mass is 405 g/mol. The third kappa shape index (κ3) is 8.76. The summed E-state index contributed by atoms with van der Waals surface area (Å²) in [6, 6.07) is 8.49. The number of nitriles is 1. The van der Waals surface area contributed by atoms with Crippen molar-refractivity contribution in [3.05, 3.63) is 35.4 Å². The maximum atomic E-state index is 12.0. The topological polar surface area (TPSA) is 93.4 Å². The van der Waals surface area contributed by atoms with E-state index in [1.807, 2.05) is 20.8 Å². The van der Waals surface area contributed by atoms with E-state index < -0.39 is 11.6 Å². The van der Waals surface area contributed by atoms with Crippen LogP contribution in [0.25, 0.3) is 0 Å². The second-order valence-electron chi connectivity index (χ2n) is 6.44. The standard InChI is InChI=1S/C19H23N3O3S2/c1-19(2,3)22(18(24)25)12-14-27-26-13-11-21-17(23)16-8-6-15(7-9-16)5-4-10-20/h6-9H,11-14H2,1-3H3,(H,21,23)(H,24,25). The normalized spacial score (nSPS) is 10.3. The van der Waals surface area contributed by atoms with Crippen LogP contribution in [-0.2, 0) is 0 Å². The van der Waals surface area contributed by atoms with Gasteiger partial charge in [-0.2, -0.15) is 5.26 Å². The molecule has 2 N–H and O–H groups in total. The number of carbonyl (C=O) groups excluding carboxylic acids is 1. The van der Waals surface area contributed by atoms with Crippen LogP contribution in [0, 0.1) is 23.2 Å². The van der Waals surface area contributed by atoms with Crippen LogP contribution >= 0.6 is 21.6 Å². The van der Waals surface area contributed by atoms with Crippen LogP contribution in [-0.4, -0.2) is 52.1 Å². The molecule has 0 radical (unpaired) electrons. The Morgan fingerprint density at radius 3 is 2.37 bits per heavy atom. The summed E-state index contributed by atoms with van der Waals surface area (Å²) in [5.41, 5.74) is 0.809. The molecule has 8 heteroatoms. The fraction of sp³-hybridized carbons (Fsp3) is 0.421. The van der Waals surface area contributed by atoms with Crippen molar-refractivity contribution in [1.29, 1.82) is 5.26 Å². The maximum absolute atomic E-state index is 12.0. The summed E-state index contributed by atoms with van der Waals surface area (Å²) >= 11 is 0. The van der Waals surface area contributed by atoms with E-state index in [0.29, 0.717) is 30.0 Å². The van der Waals surface area contributed by atoms with Gasteiger partial charge in [-0.15, -0.1) is 0 Å². The predicted molar refractivity (Wildman–Crippen MR) is 111 cm³/mol. The number of carboxylic acid groups (broad SMARTS) is 1. The van der Waals surface area contributed by atoms with Gasteiger partial charge >= 0.3 is 6.09 Å². The van der Waals surface area contributed by atoms with Crippen LogP contribution in [0.2, 0.25) is 0 Å². The molecule has 6 nitrogen and oxygen atoms in total. The quantitative estimate of drug-likeness (QED) is 0.391. The molecular formula is C19H23N3O3S2. The Hall–Kier alpha value is -2.29. The number of rotatable bonds is 8. The van der Waals surface area contributed by atoms with Gasteiger partial charge in [0, 0.05) is 47.2 Å². The molecular weight excluding hydrogens is 382 g/mol. The van der Waals surface area contributed by atoms with Gasteiger partial charge in [-0.1, -0.05) is 27.5 Å². The van der Waals surface area contributed by atoms with Crippen LogP contribution in [0.1, 0.15) is 36.7 Å². The zero-order valence-corrected chi connectivity index (χ0v) is 17.2. The van der Waals surface area contributed by atoms with Gasteiger partial charge in [0.15, 0.2) is 6.07 Å². The molecule has 0 fully saturated rings. The lowest BCUT2D eigenvalue weighted by Crippen LogP contribution is -2.46. The number of hydrogen-bond acceptors (Lipinski definition) is 5. The molecule has 144 valence electrons. The van der Waals surface area contributed by atoms with E-state index in [-0.39, 0.29) is 5.91 Å². The van der Waals surface area contributed by atoms with Crippen molar-refractivity contribution >= 4 is 33.6 Å². The van der Waals surface area contributed by atoms with Crippen molar-refractivity contribution in [3.63, 3.8) is 0 Å². The summed E-state index contributed by atoms with van der Waals surface area (Å²) in [6.07, 6.45) is -0.912. The Balaban J connectivity index is 2.25. The van der Waals surface area contributed by atoms with Crippen LogP contribution < -0.4 is 5.32 Å². The lowest BCUT2D eigenvalue weighted by molar-refractivity contribution is 0.0955. The van der Waals surface area contributed by atoms with Crippen molar-refractivity contribution in [3.8, 4) is 17.9 Å². The van der Waals surface area contributed by atoms with Gasteiger partial charge in [0.1, 0.15) is 0 Å². The number of hydrogen-bond donors (Lipinski definition) is 2. The lowest BCUT2D eigenvalue weighted by atomic mass is 10.1. The van der Waals surface area contributed by atoms with Crippen molar-refractivity contribution in [1.82, 2.24) is 10.2 Å². The summed E-state index contributed by atoms with van der Waals surface area (Å²) in [7, 11) is 3.19. The highest BCUT2D eigenvalue weighted by Gasteiger charge is 2.25. The highest BCUT2D eigenvalue weighted by molar-refractivity contribution is 8.76. The fourth-order valence-corrected chi connectivity index (χ4v) is 3.94. The Labute approximate surface area is 168 Å². The summed E-state index contributed by atoms with van der Waals surface area (Å²) in [4.78, 5) is 24.7. The second kappa shape index (κ2) is 11.4. The van der Waals surface area contributed by atoms with E-state index >= 15 is 0 Å². The molecule has 0 unspecified atom stereocenters. The molecule has 1 aromatic rings. The lowest BCUT2D eigenvalue weighted by Gasteiger charge is -2.32. The Kier molecular flexibility index (Phi) is 9.63. The summed E-state index contributed by atoms with van der Waals surface area (Å²) in [6.45, 7) is 6.60. The van der Waals surface area contributed by atoms with Gasteiger partial charge in [-0.25, -0.2) is 4.79 Å². The van der Waals surface area contributed by atoms with Crippen LogP contribution in [0.5, 0.6) is 0 Å². The Morgan fingerprint density at radius 1 is 1.19 bits per heavy atom. The minimum Gasteiger partial charge on any atom is -0.465 e. The van der Waals surface area contributed by atoms with Gasteiger partial charge in [0.25, 0.3) is 5.91 Å². The zero-order chi connectivity index (χ0) is 20.3. The minimum absolute atomic E-state index is 0.162. The van der Waals surface area contributed by atoms with Crippen LogP contribution in [0.4, 0.5) is 4.79 Å². The van der Waals surface area contributed by atoms with E-state index in [1.54, 1.807) is 51.9 Å². The van der Waals surface area contributed by atoms with Crippen LogP contribution in [0.3, 0.4) is 0 Å². The number of benzene rings is 1. The van der Waals surface area contributed by atoms with Crippen molar-refractivity contribution in [2.45, 2.75) is 26.3 Å². The first-order valence-corrected chi connectivity index (χ1v) is 10.8. The molecule has 0 aliphatic carbocycles. The molecule has 0 bridgehead atoms. The van der Waals surface area contributed by atoms with E-state index in [1.165, 1.54) is 4.90 Å². The first-order chi connectivity index (χ1) is 12.8. The number of nitrogens with one attached hydrogen (secondary N) is 1. The first kappa shape index (κ1) is 22.8. The molecule has 0 aromatic heterocycles. The molecule has 0 atom stereocenters. The van der Waals surface area contributed by atoms with E-state index in [2.05, 4.69) is 17.2 Å². The fourth-order valence-electron chi connectivity index (χ4n) is 2.08. The summed E-state index contributed by atoms with van der Waals surface area (Å²) in [5, 5.41) is 20.5. The first-order valence-electron chi connectivity index (χ1n) is 8.29. The molecule has 0 spiro atoms. The van der Waals surface area contributed by atoms with Gasteiger partial charge in [-0.3, -0.25) is 4.79 Å². The smallest absolute Gasteiger partial charge is 0.407 e. The molecule has 1 aromatic carbocycles. The highest BCUT2D eigenvalue weighted by Crippen LogP contribution is 2.22. The molecule has 1 rings (SSSR count). The van der Waals surface area contributed by atoms with Crippen molar-refractivity contribution < 1.29 is 14.7 Å². The van der Waals surface area contributed by atoms with Crippen molar-refractivity contribution in [2.75, 3.05) is 24.6 Å². The Bertz CT molecular complexity index is 741. The van der Waals surface area contributed by atoms with E-state index in [4.69, 9.17) is 5.26 Å². The molecule has 0 saturated carbocycles. The zero-order valence-electron chi connectivity index (χ0n) is 15.6. The average Bonchev–Trinajstić information content (AvgIpc) is 2.61. The van der Waals surface area contributed by atoms with Gasteiger partial charge < -0.3 is 15.3 Å². The number of nitrogens with zero attached hydrogens (tertiary/aromatic N) is 2. The minimum atomic E-state index is -0.912. The van der Waals surface area contributed by atoms with Gasteiger partial charge in [-0.05, 0) is 45.0 Å². The highest BCUT2D eigenvalue weighted by atomic mass is 33.1. The molecule has 0 saturated heterocycles. The Morgan fingerprint density at radius 2 is 1.81 bits per heavy atom. The number of carbonyl (C=O) groups is 2. The maximum Gasteiger partial charge on any atom is 0.407 e. The third-order valence-electron chi connectivity index (χ3n) is 3.40. The SMILES string of the molecule is CC(C)(C)N(CCSSCCNC(=O)c1ccc(C#CC#N)cc1)C(=O)O. The van der Waals surface area contributed by atoms with Gasteiger partial charge in [0.05, 0.1) is 0 Å². The summed E-state index contributed by atoms with van der Waals surface area (Å²) in [5.74, 6) is 6.23. The van der Waals surface area contributed by atoms with E-state index in [9.17, 15) is 14.7 Å². The predicted octanol–water partition coefficient (Wildman–Crippen LogP) is 3.45. The van der Waals surface area contributed by atoms with E-state index in [0.717, 1.165) is 5.75 Å². The molecule has 0 aliphatic rings. The third-order valence-corrected chi connectivity index (χ3v) is 5.79. The molecule has 27 heavy (non-hydrogen) atoms. The molecule has 0 heterocycles. The van der Waals surface area contributed by atoms with Gasteiger partial charge in [0.2, 0.25) is 0 Å². The summed E-state index contributed by atoms with van der Waals surface area (Å²) < 4.78 is 0. The second-order valence-corrected chi connectivity index (χ2v) is 9.15. The largest absolute Gasteiger partial charge is 0.465 e. The van der Waals surface area contributed by atoms with Crippen molar-refractivity contribution in [2.24, 2.45) is 0 Å². The van der Waals surface area contributed by atoms with Crippen LogP contribution in [0.15, 0.2) is 24.3 Å². The average molecular weight is 406 g/mol. The number of amides is 2. The molecule has 2 amide bonds.